The molecule has 2 aliphatic rings. The number of hydrogen-bond acceptors (Lipinski definition) is 3. The maximum absolute atomic E-state index is 12.8. The quantitative estimate of drug-likeness (QED) is 0.754. The summed E-state index contributed by atoms with van der Waals surface area (Å²) in [5.41, 5.74) is 2.23. The number of imide groups is 1. The average molecular weight is 403 g/mol. The van der Waals surface area contributed by atoms with Gasteiger partial charge in [-0.25, -0.2) is 4.79 Å². The molecule has 154 valence electrons. The number of urea groups is 1. The van der Waals surface area contributed by atoms with Crippen molar-refractivity contribution in [1.29, 1.82) is 0 Å². The number of rotatable bonds is 5. The Kier molecular flexibility index (Phi) is 5.16. The predicted octanol–water partition coefficient (Wildman–Crippen LogP) is 2.96. The molecule has 1 aliphatic heterocycles. The van der Waals surface area contributed by atoms with Crippen molar-refractivity contribution in [2.45, 2.75) is 38.8 Å². The number of pyridine rings is 1. The van der Waals surface area contributed by atoms with Gasteiger partial charge in [-0.3, -0.25) is 14.9 Å². The van der Waals surface area contributed by atoms with Crippen LogP contribution in [0.1, 0.15) is 30.0 Å². The zero-order chi connectivity index (χ0) is 21.3. The summed E-state index contributed by atoms with van der Waals surface area (Å²) >= 11 is 0. The van der Waals surface area contributed by atoms with Gasteiger partial charge >= 0.3 is 6.03 Å². The van der Waals surface area contributed by atoms with Gasteiger partial charge < -0.3 is 9.88 Å². The summed E-state index contributed by atoms with van der Waals surface area (Å²) in [7, 11) is 0. The number of carbonyl (C=O) groups is 2. The highest BCUT2D eigenvalue weighted by Gasteiger charge is 2.48. The smallest absolute Gasteiger partial charge is 0.318 e. The highest BCUT2D eigenvalue weighted by molar-refractivity contribution is 6.07. The molecule has 6 nitrogen and oxygen atoms in total. The minimum Gasteiger partial charge on any atom is -0.318 e. The molecule has 1 fully saturated rings. The average Bonchev–Trinajstić information content (AvgIpc) is 3.01. The highest BCUT2D eigenvalue weighted by atomic mass is 16.2. The lowest BCUT2D eigenvalue weighted by Gasteiger charge is -2.28. The van der Waals surface area contributed by atoms with Gasteiger partial charge in [-0.05, 0) is 42.9 Å². The molecule has 2 aromatic rings. The van der Waals surface area contributed by atoms with E-state index in [2.05, 4.69) is 35.8 Å². The van der Waals surface area contributed by atoms with Crippen LogP contribution in [0.15, 0.2) is 71.2 Å². The van der Waals surface area contributed by atoms with E-state index >= 15 is 0 Å². The van der Waals surface area contributed by atoms with E-state index in [9.17, 15) is 14.4 Å². The van der Waals surface area contributed by atoms with E-state index in [4.69, 9.17) is 0 Å². The second-order valence-corrected chi connectivity index (χ2v) is 8.12. The molecule has 1 aromatic carbocycles. The molecule has 6 heteroatoms. The van der Waals surface area contributed by atoms with Gasteiger partial charge in [0.2, 0.25) is 0 Å². The molecule has 4 rings (SSSR count). The molecule has 2 heterocycles. The van der Waals surface area contributed by atoms with Crippen molar-refractivity contribution >= 4 is 11.9 Å². The largest absolute Gasteiger partial charge is 0.322 e. The summed E-state index contributed by atoms with van der Waals surface area (Å²) in [4.78, 5) is 37.4. The number of aromatic nitrogens is 1. The lowest BCUT2D eigenvalue weighted by Crippen LogP contribution is -2.49. The van der Waals surface area contributed by atoms with Crippen LogP contribution in [0.2, 0.25) is 0 Å². The number of allylic oxidation sites excluding steroid dienone is 4. The Hall–Kier alpha value is -3.41. The topological polar surface area (TPSA) is 80.2 Å². The summed E-state index contributed by atoms with van der Waals surface area (Å²) in [5, 5.41) is 5.08. The molecular weight excluding hydrogens is 378 g/mol. The molecule has 2 N–H and O–H groups in total. The van der Waals surface area contributed by atoms with Gasteiger partial charge in [-0.2, -0.15) is 0 Å². The van der Waals surface area contributed by atoms with Crippen LogP contribution >= 0.6 is 0 Å². The number of nitrogens with one attached hydrogen (secondary N) is 2. The number of nitrogens with zero attached hydrogens (tertiary/aromatic N) is 1. The zero-order valence-corrected chi connectivity index (χ0v) is 17.1. The fraction of sp³-hybridized carbons (Fsp3) is 0.292. The predicted molar refractivity (Wildman–Crippen MR) is 115 cm³/mol. The first-order chi connectivity index (χ1) is 14.4. The van der Waals surface area contributed by atoms with E-state index in [-0.39, 0.29) is 12.1 Å². The molecule has 0 radical (unpaired) electrons. The first-order valence-corrected chi connectivity index (χ1v) is 10.1. The third-order valence-corrected chi connectivity index (χ3v) is 5.98. The van der Waals surface area contributed by atoms with Gasteiger partial charge in [0.25, 0.3) is 11.5 Å². The van der Waals surface area contributed by atoms with E-state index in [0.29, 0.717) is 17.0 Å². The number of benzene rings is 1. The van der Waals surface area contributed by atoms with E-state index in [1.54, 1.807) is 25.3 Å². The van der Waals surface area contributed by atoms with Crippen molar-refractivity contribution in [2.24, 2.45) is 5.92 Å². The van der Waals surface area contributed by atoms with E-state index in [1.807, 2.05) is 24.3 Å². The summed E-state index contributed by atoms with van der Waals surface area (Å²) in [6.07, 6.45) is 9.96. The molecule has 0 saturated carbocycles. The fourth-order valence-electron chi connectivity index (χ4n) is 4.10. The van der Waals surface area contributed by atoms with Gasteiger partial charge in [-0.1, -0.05) is 61.1 Å². The van der Waals surface area contributed by atoms with Crippen LogP contribution in [0, 0.1) is 12.8 Å². The van der Waals surface area contributed by atoms with Crippen LogP contribution in [0.25, 0.3) is 0 Å². The summed E-state index contributed by atoms with van der Waals surface area (Å²) in [6.45, 7) is 3.97. The number of amides is 3. The van der Waals surface area contributed by atoms with Gasteiger partial charge in [-0.15, -0.1) is 0 Å². The Morgan fingerprint density at radius 2 is 1.90 bits per heavy atom. The Labute approximate surface area is 175 Å². The Bertz CT molecular complexity index is 1110. The van der Waals surface area contributed by atoms with Crippen LogP contribution < -0.4 is 16.2 Å². The van der Waals surface area contributed by atoms with Crippen LogP contribution in [-0.2, 0) is 23.3 Å². The standard InChI is InChI=1S/C24H25N3O3/c1-16-6-3-4-8-19(16)14-18-9-11-20(12-10-18)24(22(29)25-23(30)26-24)15-27-13-5-7-17(2)21(27)28/h3-5,7-13,16H,6,14-15H2,1-2H3,(H2,25,26,29,30). The van der Waals surface area contributed by atoms with E-state index < -0.39 is 17.5 Å². The molecule has 3 amide bonds. The van der Waals surface area contributed by atoms with Crippen LogP contribution in [0.3, 0.4) is 0 Å². The van der Waals surface area contributed by atoms with Gasteiger partial charge in [0.15, 0.2) is 5.54 Å². The Morgan fingerprint density at radius 3 is 2.57 bits per heavy atom. The van der Waals surface area contributed by atoms with E-state index in [1.165, 1.54) is 10.1 Å². The lowest BCUT2D eigenvalue weighted by atomic mass is 9.86. The lowest BCUT2D eigenvalue weighted by molar-refractivity contribution is -0.124. The van der Waals surface area contributed by atoms with Gasteiger partial charge in [0.1, 0.15) is 0 Å². The van der Waals surface area contributed by atoms with Crippen LogP contribution in [-0.4, -0.2) is 16.5 Å². The SMILES string of the molecule is Cc1cccn(CC2(c3ccc(CC4=CC=CCC4C)cc3)NC(=O)NC2=O)c1=O. The number of aryl methyl sites for hydroxylation is 1. The van der Waals surface area contributed by atoms with Crippen molar-refractivity contribution < 1.29 is 9.59 Å². The summed E-state index contributed by atoms with van der Waals surface area (Å²) < 4.78 is 1.47. The zero-order valence-electron chi connectivity index (χ0n) is 17.1. The molecule has 0 spiro atoms. The molecule has 30 heavy (non-hydrogen) atoms. The normalized spacial score (nSPS) is 23.1. The second kappa shape index (κ2) is 7.78. The van der Waals surface area contributed by atoms with Gasteiger partial charge in [0, 0.05) is 11.8 Å². The Morgan fingerprint density at radius 1 is 1.13 bits per heavy atom. The fourth-order valence-corrected chi connectivity index (χ4v) is 4.10. The van der Waals surface area contributed by atoms with Crippen molar-refractivity contribution in [1.82, 2.24) is 15.2 Å². The highest BCUT2D eigenvalue weighted by Crippen LogP contribution is 2.29. The molecule has 0 bridgehead atoms. The monoisotopic (exact) mass is 403 g/mol. The third-order valence-electron chi connectivity index (χ3n) is 5.98. The molecule has 1 aromatic heterocycles. The summed E-state index contributed by atoms with van der Waals surface area (Å²) in [6, 6.07) is 10.6. The summed E-state index contributed by atoms with van der Waals surface area (Å²) in [5.74, 6) is 0.0523. The van der Waals surface area contributed by atoms with Crippen molar-refractivity contribution in [2.75, 3.05) is 0 Å². The van der Waals surface area contributed by atoms with Crippen molar-refractivity contribution in [3.8, 4) is 0 Å². The minimum atomic E-state index is -1.33. The third kappa shape index (κ3) is 3.61. The maximum atomic E-state index is 12.8. The molecule has 1 aliphatic carbocycles. The van der Waals surface area contributed by atoms with E-state index in [0.717, 1.165) is 18.4 Å². The second-order valence-electron chi connectivity index (χ2n) is 8.12. The van der Waals surface area contributed by atoms with Crippen molar-refractivity contribution in [3.63, 3.8) is 0 Å². The molecular formula is C24H25N3O3. The number of hydrogen-bond donors (Lipinski definition) is 2. The molecule has 2 atom stereocenters. The minimum absolute atomic E-state index is 0.0252. The van der Waals surface area contributed by atoms with Crippen LogP contribution in [0.4, 0.5) is 4.79 Å². The number of carbonyl (C=O) groups excluding carboxylic acids is 2. The Balaban J connectivity index is 1.67. The van der Waals surface area contributed by atoms with Crippen LogP contribution in [0.5, 0.6) is 0 Å². The molecule has 1 saturated heterocycles. The first kappa shape index (κ1) is 19.9. The first-order valence-electron chi connectivity index (χ1n) is 10.1. The van der Waals surface area contributed by atoms with Gasteiger partial charge in [0.05, 0.1) is 6.54 Å². The maximum Gasteiger partial charge on any atom is 0.322 e. The van der Waals surface area contributed by atoms with Crippen molar-refractivity contribution in [3.05, 3.63) is 93.4 Å². The molecule has 2 unspecified atom stereocenters.